The molecular formula is C16H24N2O2. The highest BCUT2D eigenvalue weighted by Gasteiger charge is 2.30. The maximum absolute atomic E-state index is 11.3. The molecule has 0 amide bonds. The van der Waals surface area contributed by atoms with E-state index < -0.39 is 5.97 Å². The van der Waals surface area contributed by atoms with Crippen molar-refractivity contribution in [3.05, 3.63) is 23.4 Å². The first-order chi connectivity index (χ1) is 9.29. The van der Waals surface area contributed by atoms with Gasteiger partial charge in [0, 0.05) is 18.8 Å². The van der Waals surface area contributed by atoms with E-state index in [1.54, 1.807) is 12.1 Å². The molecule has 1 N–H and O–H groups in total. The van der Waals surface area contributed by atoms with E-state index >= 15 is 0 Å². The first kappa shape index (κ1) is 14.8. The largest absolute Gasteiger partial charge is 0.478 e. The standard InChI is InChI=1S/C16H24N2O2/c1-11-5-6-13(15(19)20)14(17-11)18-9-7-12(8-10-18)16(2,3)4/h5-6,12H,7-10H2,1-4H3,(H,19,20). The number of aromatic nitrogens is 1. The van der Waals surface area contributed by atoms with E-state index in [-0.39, 0.29) is 0 Å². The Morgan fingerprint density at radius 1 is 1.30 bits per heavy atom. The van der Waals surface area contributed by atoms with Crippen LogP contribution in [0.3, 0.4) is 0 Å². The van der Waals surface area contributed by atoms with E-state index in [0.717, 1.165) is 31.6 Å². The number of rotatable bonds is 2. The Bertz CT molecular complexity index is 498. The fourth-order valence-electron chi connectivity index (χ4n) is 2.91. The van der Waals surface area contributed by atoms with Gasteiger partial charge in [0.15, 0.2) is 0 Å². The van der Waals surface area contributed by atoms with Crippen molar-refractivity contribution in [3.8, 4) is 0 Å². The van der Waals surface area contributed by atoms with Gasteiger partial charge in [-0.05, 0) is 43.2 Å². The lowest BCUT2D eigenvalue weighted by atomic mass is 9.75. The number of anilines is 1. The topological polar surface area (TPSA) is 53.4 Å². The zero-order valence-electron chi connectivity index (χ0n) is 12.8. The Labute approximate surface area is 120 Å². The lowest BCUT2D eigenvalue weighted by molar-refractivity contribution is 0.0697. The van der Waals surface area contributed by atoms with E-state index in [2.05, 4.69) is 30.7 Å². The summed E-state index contributed by atoms with van der Waals surface area (Å²) in [6, 6.07) is 3.42. The van der Waals surface area contributed by atoms with Crippen molar-refractivity contribution in [1.82, 2.24) is 4.98 Å². The second-order valence-electron chi connectivity index (χ2n) is 6.76. The lowest BCUT2D eigenvalue weighted by Gasteiger charge is -2.39. The Balaban J connectivity index is 2.18. The number of hydrogen-bond donors (Lipinski definition) is 1. The summed E-state index contributed by atoms with van der Waals surface area (Å²) < 4.78 is 0. The van der Waals surface area contributed by atoms with Crippen LogP contribution in [0.15, 0.2) is 12.1 Å². The van der Waals surface area contributed by atoms with Crippen molar-refractivity contribution in [2.24, 2.45) is 11.3 Å². The molecule has 0 spiro atoms. The summed E-state index contributed by atoms with van der Waals surface area (Å²) in [5.74, 6) is 0.423. The Morgan fingerprint density at radius 3 is 2.40 bits per heavy atom. The van der Waals surface area contributed by atoms with Crippen LogP contribution in [0.1, 0.15) is 49.7 Å². The van der Waals surface area contributed by atoms with Crippen molar-refractivity contribution < 1.29 is 9.90 Å². The highest BCUT2D eigenvalue weighted by Crippen LogP contribution is 2.35. The molecule has 1 fully saturated rings. The molecule has 1 aromatic rings. The number of carbonyl (C=O) groups is 1. The summed E-state index contributed by atoms with van der Waals surface area (Å²) in [5, 5.41) is 9.30. The molecule has 1 aliphatic rings. The minimum absolute atomic E-state index is 0.310. The van der Waals surface area contributed by atoms with Gasteiger partial charge in [0.1, 0.15) is 11.4 Å². The first-order valence-corrected chi connectivity index (χ1v) is 7.25. The quantitative estimate of drug-likeness (QED) is 0.900. The van der Waals surface area contributed by atoms with E-state index in [0.29, 0.717) is 22.7 Å². The zero-order chi connectivity index (χ0) is 14.9. The minimum atomic E-state index is -0.898. The van der Waals surface area contributed by atoms with E-state index in [4.69, 9.17) is 0 Å². The molecule has 1 aromatic heterocycles. The van der Waals surface area contributed by atoms with Crippen LogP contribution in [0.25, 0.3) is 0 Å². The normalized spacial score (nSPS) is 17.3. The molecule has 0 saturated carbocycles. The molecule has 110 valence electrons. The fourth-order valence-corrected chi connectivity index (χ4v) is 2.91. The van der Waals surface area contributed by atoms with Gasteiger partial charge < -0.3 is 10.0 Å². The molecule has 0 atom stereocenters. The minimum Gasteiger partial charge on any atom is -0.478 e. The zero-order valence-corrected chi connectivity index (χ0v) is 12.8. The average molecular weight is 276 g/mol. The van der Waals surface area contributed by atoms with Gasteiger partial charge in [-0.3, -0.25) is 0 Å². The SMILES string of the molecule is Cc1ccc(C(=O)O)c(N2CCC(C(C)(C)C)CC2)n1. The number of aryl methyl sites for hydroxylation is 1. The van der Waals surface area contributed by atoms with Crippen LogP contribution in [0.5, 0.6) is 0 Å². The number of nitrogens with zero attached hydrogens (tertiary/aromatic N) is 2. The van der Waals surface area contributed by atoms with Gasteiger partial charge in [-0.15, -0.1) is 0 Å². The maximum atomic E-state index is 11.3. The molecule has 0 radical (unpaired) electrons. The molecular weight excluding hydrogens is 252 g/mol. The van der Waals surface area contributed by atoms with Gasteiger partial charge in [0.05, 0.1) is 0 Å². The Hall–Kier alpha value is -1.58. The number of hydrogen-bond acceptors (Lipinski definition) is 3. The summed E-state index contributed by atoms with van der Waals surface area (Å²) in [7, 11) is 0. The molecule has 4 heteroatoms. The summed E-state index contributed by atoms with van der Waals surface area (Å²) in [6.07, 6.45) is 2.19. The van der Waals surface area contributed by atoms with Gasteiger partial charge in [0.2, 0.25) is 0 Å². The van der Waals surface area contributed by atoms with Gasteiger partial charge in [0.25, 0.3) is 0 Å². The molecule has 0 aromatic carbocycles. The second-order valence-corrected chi connectivity index (χ2v) is 6.76. The molecule has 20 heavy (non-hydrogen) atoms. The van der Waals surface area contributed by atoms with Crippen molar-refractivity contribution in [1.29, 1.82) is 0 Å². The molecule has 2 rings (SSSR count). The van der Waals surface area contributed by atoms with Gasteiger partial charge in [-0.2, -0.15) is 0 Å². The van der Waals surface area contributed by atoms with Crippen LogP contribution >= 0.6 is 0 Å². The fraction of sp³-hybridized carbons (Fsp3) is 0.625. The van der Waals surface area contributed by atoms with Crippen LogP contribution in [0.2, 0.25) is 0 Å². The van der Waals surface area contributed by atoms with Crippen molar-refractivity contribution in [2.45, 2.75) is 40.5 Å². The third kappa shape index (κ3) is 3.11. The number of aromatic carboxylic acids is 1. The van der Waals surface area contributed by atoms with Gasteiger partial charge in [-0.25, -0.2) is 9.78 Å². The maximum Gasteiger partial charge on any atom is 0.339 e. The van der Waals surface area contributed by atoms with Gasteiger partial charge in [-0.1, -0.05) is 20.8 Å². The molecule has 1 saturated heterocycles. The smallest absolute Gasteiger partial charge is 0.339 e. The summed E-state index contributed by atoms with van der Waals surface area (Å²) in [6.45, 7) is 10.5. The molecule has 0 unspecified atom stereocenters. The lowest BCUT2D eigenvalue weighted by Crippen LogP contribution is -2.39. The molecule has 0 aliphatic carbocycles. The Kier molecular flexibility index (Phi) is 4.02. The average Bonchev–Trinajstić information content (AvgIpc) is 2.37. The molecule has 4 nitrogen and oxygen atoms in total. The summed E-state index contributed by atoms with van der Waals surface area (Å²) in [4.78, 5) is 17.9. The third-order valence-corrected chi connectivity index (χ3v) is 4.26. The molecule has 0 bridgehead atoms. The van der Waals surface area contributed by atoms with Crippen LogP contribution in [-0.2, 0) is 0 Å². The number of pyridine rings is 1. The second kappa shape index (κ2) is 5.43. The monoisotopic (exact) mass is 276 g/mol. The van der Waals surface area contributed by atoms with Crippen LogP contribution in [0, 0.1) is 18.3 Å². The van der Waals surface area contributed by atoms with Crippen molar-refractivity contribution >= 4 is 11.8 Å². The molecule has 2 heterocycles. The van der Waals surface area contributed by atoms with Crippen LogP contribution in [0.4, 0.5) is 5.82 Å². The summed E-state index contributed by atoms with van der Waals surface area (Å²) in [5.41, 5.74) is 1.50. The van der Waals surface area contributed by atoms with E-state index in [9.17, 15) is 9.90 Å². The van der Waals surface area contributed by atoms with Crippen molar-refractivity contribution in [2.75, 3.05) is 18.0 Å². The highest BCUT2D eigenvalue weighted by atomic mass is 16.4. The van der Waals surface area contributed by atoms with E-state index in [1.807, 2.05) is 6.92 Å². The van der Waals surface area contributed by atoms with Crippen LogP contribution < -0.4 is 4.90 Å². The number of carboxylic acids is 1. The molecule has 1 aliphatic heterocycles. The number of piperidine rings is 1. The van der Waals surface area contributed by atoms with Crippen LogP contribution in [-0.4, -0.2) is 29.1 Å². The van der Waals surface area contributed by atoms with Gasteiger partial charge >= 0.3 is 5.97 Å². The predicted molar refractivity (Wildman–Crippen MR) is 80.3 cm³/mol. The predicted octanol–water partition coefficient (Wildman–Crippen LogP) is 3.35. The highest BCUT2D eigenvalue weighted by molar-refractivity contribution is 5.93. The third-order valence-electron chi connectivity index (χ3n) is 4.26. The Morgan fingerprint density at radius 2 is 1.90 bits per heavy atom. The number of carboxylic acid groups (broad SMARTS) is 1. The first-order valence-electron chi connectivity index (χ1n) is 7.25. The summed E-state index contributed by atoms with van der Waals surface area (Å²) >= 11 is 0. The van der Waals surface area contributed by atoms with E-state index in [1.165, 1.54) is 0 Å². The van der Waals surface area contributed by atoms with Crippen molar-refractivity contribution in [3.63, 3.8) is 0 Å².